The van der Waals surface area contributed by atoms with E-state index in [4.69, 9.17) is 4.42 Å². The molecule has 2 aromatic heterocycles. The number of nitrogens with one attached hydrogen (secondary N) is 1. The third-order valence-corrected chi connectivity index (χ3v) is 2.85. The van der Waals surface area contributed by atoms with Gasteiger partial charge in [-0.1, -0.05) is 18.2 Å². The maximum atomic E-state index is 11.9. The fraction of sp³-hybridized carbons (Fsp3) is 0. The zero-order valence-electron chi connectivity index (χ0n) is 10.6. The van der Waals surface area contributed by atoms with Gasteiger partial charge in [0.15, 0.2) is 0 Å². The number of hydrogen-bond acceptors (Lipinski definition) is 3. The summed E-state index contributed by atoms with van der Waals surface area (Å²) >= 11 is 0. The van der Waals surface area contributed by atoms with Crippen molar-refractivity contribution >= 4 is 28.6 Å². The lowest BCUT2D eigenvalue weighted by Gasteiger charge is -2.05. The highest BCUT2D eigenvalue weighted by Crippen LogP contribution is 2.20. The fourth-order valence-electron chi connectivity index (χ4n) is 1.92. The molecule has 0 bridgehead atoms. The second-order valence-electron chi connectivity index (χ2n) is 4.21. The summed E-state index contributed by atoms with van der Waals surface area (Å²) in [7, 11) is 0. The first-order valence-electron chi connectivity index (χ1n) is 6.19. The normalized spacial score (nSPS) is 11.0. The van der Waals surface area contributed by atoms with Crippen LogP contribution in [0.2, 0.25) is 0 Å². The van der Waals surface area contributed by atoms with E-state index >= 15 is 0 Å². The molecule has 1 N–H and O–H groups in total. The van der Waals surface area contributed by atoms with Crippen LogP contribution in [-0.4, -0.2) is 10.9 Å². The van der Waals surface area contributed by atoms with E-state index in [1.165, 1.54) is 6.08 Å². The first-order valence-corrected chi connectivity index (χ1v) is 6.19. The Bertz CT molecular complexity index is 756. The van der Waals surface area contributed by atoms with Crippen molar-refractivity contribution in [3.05, 3.63) is 66.8 Å². The van der Waals surface area contributed by atoms with Crippen LogP contribution in [0.3, 0.4) is 0 Å². The quantitative estimate of drug-likeness (QED) is 0.737. The summed E-state index contributed by atoms with van der Waals surface area (Å²) in [6.07, 6.45) is 6.30. The Balaban J connectivity index is 1.81. The lowest BCUT2D eigenvalue weighted by Crippen LogP contribution is -2.08. The highest BCUT2D eigenvalue weighted by molar-refractivity contribution is 6.06. The minimum atomic E-state index is -0.210. The summed E-state index contributed by atoms with van der Waals surface area (Å²) in [5.41, 5.74) is 1.59. The van der Waals surface area contributed by atoms with E-state index < -0.39 is 0 Å². The molecule has 0 saturated heterocycles. The number of nitrogens with zero attached hydrogens (tertiary/aromatic N) is 1. The molecule has 1 aromatic carbocycles. The van der Waals surface area contributed by atoms with Gasteiger partial charge in [-0.3, -0.25) is 9.78 Å². The molecule has 4 nitrogen and oxygen atoms in total. The average Bonchev–Trinajstić information content (AvgIpc) is 2.99. The molecule has 4 heteroatoms. The number of amides is 1. The number of carbonyl (C=O) groups is 1. The van der Waals surface area contributed by atoms with E-state index in [2.05, 4.69) is 10.3 Å². The second kappa shape index (κ2) is 5.40. The van der Waals surface area contributed by atoms with Gasteiger partial charge in [0.25, 0.3) is 0 Å². The predicted molar refractivity (Wildman–Crippen MR) is 78.1 cm³/mol. The monoisotopic (exact) mass is 264 g/mol. The maximum absolute atomic E-state index is 11.9. The van der Waals surface area contributed by atoms with Crippen molar-refractivity contribution in [2.24, 2.45) is 0 Å². The van der Waals surface area contributed by atoms with E-state index in [1.807, 2.05) is 24.3 Å². The molecule has 0 saturated carbocycles. The standard InChI is InChI=1S/C16H12N2O2/c19-16(8-7-12-4-3-11-20-12)18-15-9-10-17-14-6-2-1-5-13(14)15/h1-11H,(H,17,18,19)/b8-7+. The Hall–Kier alpha value is -2.88. The molecule has 0 radical (unpaired) electrons. The van der Waals surface area contributed by atoms with Crippen LogP contribution in [0.5, 0.6) is 0 Å². The minimum Gasteiger partial charge on any atom is -0.465 e. The number of furan rings is 1. The van der Waals surface area contributed by atoms with Gasteiger partial charge in [-0.15, -0.1) is 0 Å². The predicted octanol–water partition coefficient (Wildman–Crippen LogP) is 3.48. The van der Waals surface area contributed by atoms with Gasteiger partial charge in [-0.25, -0.2) is 0 Å². The van der Waals surface area contributed by atoms with E-state index in [0.717, 1.165) is 16.6 Å². The molecule has 0 aliphatic rings. The summed E-state index contributed by atoms with van der Waals surface area (Å²) < 4.78 is 5.13. The summed E-state index contributed by atoms with van der Waals surface area (Å²) in [6.45, 7) is 0. The fourth-order valence-corrected chi connectivity index (χ4v) is 1.92. The Morgan fingerprint density at radius 1 is 1.15 bits per heavy atom. The highest BCUT2D eigenvalue weighted by Gasteiger charge is 2.03. The molecule has 0 aliphatic heterocycles. The number of benzene rings is 1. The molecule has 0 fully saturated rings. The van der Waals surface area contributed by atoms with Crippen LogP contribution in [0.15, 0.2) is 65.4 Å². The molecule has 20 heavy (non-hydrogen) atoms. The third kappa shape index (κ3) is 2.59. The lowest BCUT2D eigenvalue weighted by molar-refractivity contribution is -0.111. The first-order chi connectivity index (χ1) is 9.83. The molecular weight excluding hydrogens is 252 g/mol. The number of para-hydroxylation sites is 1. The minimum absolute atomic E-state index is 0.210. The first kappa shape index (κ1) is 12.2. The number of fused-ring (bicyclic) bond motifs is 1. The average molecular weight is 264 g/mol. The number of hydrogen-bond donors (Lipinski definition) is 1. The zero-order valence-corrected chi connectivity index (χ0v) is 10.6. The van der Waals surface area contributed by atoms with Gasteiger partial charge in [0.2, 0.25) is 5.91 Å². The number of pyridine rings is 1. The van der Waals surface area contributed by atoms with Crippen molar-refractivity contribution in [2.45, 2.75) is 0 Å². The number of aromatic nitrogens is 1. The molecule has 3 aromatic rings. The van der Waals surface area contributed by atoms with Gasteiger partial charge in [0.05, 0.1) is 17.5 Å². The van der Waals surface area contributed by atoms with Gasteiger partial charge < -0.3 is 9.73 Å². The van der Waals surface area contributed by atoms with Crippen molar-refractivity contribution < 1.29 is 9.21 Å². The van der Waals surface area contributed by atoms with Gasteiger partial charge in [0.1, 0.15) is 5.76 Å². The van der Waals surface area contributed by atoms with Crippen molar-refractivity contribution in [1.29, 1.82) is 0 Å². The maximum Gasteiger partial charge on any atom is 0.248 e. The Labute approximate surface area is 115 Å². The molecular formula is C16H12N2O2. The second-order valence-corrected chi connectivity index (χ2v) is 4.21. The summed E-state index contributed by atoms with van der Waals surface area (Å²) in [5, 5.41) is 3.75. The lowest BCUT2D eigenvalue weighted by atomic mass is 10.2. The molecule has 0 unspecified atom stereocenters. The van der Waals surface area contributed by atoms with Gasteiger partial charge in [0, 0.05) is 17.7 Å². The van der Waals surface area contributed by atoms with E-state index in [1.54, 1.807) is 36.7 Å². The SMILES string of the molecule is O=C(/C=C/c1ccco1)Nc1ccnc2ccccc12. The van der Waals surface area contributed by atoms with Crippen LogP contribution >= 0.6 is 0 Å². The Kier molecular flexibility index (Phi) is 3.29. The van der Waals surface area contributed by atoms with Crippen molar-refractivity contribution in [2.75, 3.05) is 5.32 Å². The van der Waals surface area contributed by atoms with Gasteiger partial charge in [-0.05, 0) is 30.3 Å². The van der Waals surface area contributed by atoms with Crippen LogP contribution in [0.25, 0.3) is 17.0 Å². The van der Waals surface area contributed by atoms with Crippen LogP contribution in [0, 0.1) is 0 Å². The van der Waals surface area contributed by atoms with Crippen molar-refractivity contribution in [3.63, 3.8) is 0 Å². The molecule has 98 valence electrons. The highest BCUT2D eigenvalue weighted by atomic mass is 16.3. The third-order valence-electron chi connectivity index (χ3n) is 2.85. The van der Waals surface area contributed by atoms with Crippen LogP contribution in [0.1, 0.15) is 5.76 Å². The number of rotatable bonds is 3. The van der Waals surface area contributed by atoms with E-state index in [9.17, 15) is 4.79 Å². The summed E-state index contributed by atoms with van der Waals surface area (Å²) in [5.74, 6) is 0.428. The Morgan fingerprint density at radius 2 is 2.05 bits per heavy atom. The number of anilines is 1. The molecule has 2 heterocycles. The largest absolute Gasteiger partial charge is 0.465 e. The van der Waals surface area contributed by atoms with Gasteiger partial charge >= 0.3 is 0 Å². The number of carbonyl (C=O) groups excluding carboxylic acids is 1. The van der Waals surface area contributed by atoms with Crippen LogP contribution in [-0.2, 0) is 4.79 Å². The van der Waals surface area contributed by atoms with E-state index in [-0.39, 0.29) is 5.91 Å². The Morgan fingerprint density at radius 3 is 2.90 bits per heavy atom. The van der Waals surface area contributed by atoms with Crippen LogP contribution < -0.4 is 5.32 Å². The van der Waals surface area contributed by atoms with E-state index in [0.29, 0.717) is 5.76 Å². The molecule has 3 rings (SSSR count). The topological polar surface area (TPSA) is 55.1 Å². The van der Waals surface area contributed by atoms with Crippen molar-refractivity contribution in [3.8, 4) is 0 Å². The summed E-state index contributed by atoms with van der Waals surface area (Å²) in [6, 6.07) is 13.0. The van der Waals surface area contributed by atoms with Crippen molar-refractivity contribution in [1.82, 2.24) is 4.98 Å². The molecule has 0 spiro atoms. The summed E-state index contributed by atoms with van der Waals surface area (Å²) in [4.78, 5) is 16.1. The zero-order chi connectivity index (χ0) is 13.8. The van der Waals surface area contributed by atoms with Gasteiger partial charge in [-0.2, -0.15) is 0 Å². The van der Waals surface area contributed by atoms with Crippen LogP contribution in [0.4, 0.5) is 5.69 Å². The smallest absolute Gasteiger partial charge is 0.248 e. The molecule has 0 aliphatic carbocycles. The molecule has 1 amide bonds. The molecule has 0 atom stereocenters.